The highest BCUT2D eigenvalue weighted by Gasteiger charge is 2.23. The summed E-state index contributed by atoms with van der Waals surface area (Å²) in [4.78, 5) is 0. The third-order valence-electron chi connectivity index (χ3n) is 3.98. The summed E-state index contributed by atoms with van der Waals surface area (Å²) in [6, 6.07) is 7.53. The van der Waals surface area contributed by atoms with Crippen LogP contribution in [0.4, 0.5) is 0 Å². The lowest BCUT2D eigenvalue weighted by Gasteiger charge is -2.29. The van der Waals surface area contributed by atoms with Crippen molar-refractivity contribution < 1.29 is 14.6 Å². The summed E-state index contributed by atoms with van der Waals surface area (Å²) in [6.07, 6.45) is 4.62. The van der Waals surface area contributed by atoms with E-state index in [0.29, 0.717) is 18.6 Å². The van der Waals surface area contributed by atoms with Crippen LogP contribution in [-0.2, 0) is 4.74 Å². The maximum atomic E-state index is 10.2. The minimum atomic E-state index is -0.579. The lowest BCUT2D eigenvalue weighted by atomic mass is 9.88. The number of methoxy groups -OCH3 is 1. The molecule has 1 aliphatic rings. The average molecular weight is 264 g/mol. The van der Waals surface area contributed by atoms with Gasteiger partial charge in [-0.1, -0.05) is 31.9 Å². The topological polar surface area (TPSA) is 38.7 Å². The molecule has 0 radical (unpaired) electrons. The van der Waals surface area contributed by atoms with Crippen LogP contribution in [0.15, 0.2) is 24.3 Å². The normalized spacial score (nSPS) is 25.0. The third-order valence-corrected chi connectivity index (χ3v) is 3.98. The van der Waals surface area contributed by atoms with E-state index in [9.17, 15) is 5.11 Å². The Morgan fingerprint density at radius 3 is 2.84 bits per heavy atom. The fourth-order valence-electron chi connectivity index (χ4n) is 2.69. The Morgan fingerprint density at radius 1 is 1.32 bits per heavy atom. The monoisotopic (exact) mass is 264 g/mol. The second-order valence-electron chi connectivity index (χ2n) is 5.43. The van der Waals surface area contributed by atoms with E-state index in [4.69, 9.17) is 9.47 Å². The summed E-state index contributed by atoms with van der Waals surface area (Å²) < 4.78 is 11.1. The van der Waals surface area contributed by atoms with E-state index in [-0.39, 0.29) is 0 Å². The number of benzene rings is 1. The number of hydrogen-bond donors (Lipinski definition) is 1. The molecule has 19 heavy (non-hydrogen) atoms. The SMILES string of the molecule is COc1cccc(C(O)COC2CCCCC2C)c1. The number of rotatable bonds is 5. The fourth-order valence-corrected chi connectivity index (χ4v) is 2.69. The molecule has 0 bridgehead atoms. The Labute approximate surface area is 115 Å². The zero-order chi connectivity index (χ0) is 13.7. The van der Waals surface area contributed by atoms with E-state index >= 15 is 0 Å². The first-order chi connectivity index (χ1) is 9.20. The summed E-state index contributed by atoms with van der Waals surface area (Å²) in [7, 11) is 1.63. The van der Waals surface area contributed by atoms with Gasteiger partial charge in [-0.15, -0.1) is 0 Å². The molecule has 0 amide bonds. The van der Waals surface area contributed by atoms with Gasteiger partial charge in [0, 0.05) is 0 Å². The van der Waals surface area contributed by atoms with Gasteiger partial charge in [0.15, 0.2) is 0 Å². The van der Waals surface area contributed by atoms with Crippen molar-refractivity contribution in [3.8, 4) is 5.75 Å². The van der Waals surface area contributed by atoms with Crippen LogP contribution in [0.1, 0.15) is 44.3 Å². The van der Waals surface area contributed by atoms with Crippen LogP contribution in [0, 0.1) is 5.92 Å². The molecule has 106 valence electrons. The van der Waals surface area contributed by atoms with Gasteiger partial charge in [-0.05, 0) is 36.5 Å². The Morgan fingerprint density at radius 2 is 2.11 bits per heavy atom. The first-order valence-electron chi connectivity index (χ1n) is 7.14. The van der Waals surface area contributed by atoms with Crippen molar-refractivity contribution in [3.05, 3.63) is 29.8 Å². The first kappa shape index (κ1) is 14.4. The summed E-state index contributed by atoms with van der Waals surface area (Å²) >= 11 is 0. The predicted octanol–water partition coefficient (Wildman–Crippen LogP) is 3.32. The molecule has 1 aliphatic carbocycles. The number of aliphatic hydroxyl groups is 1. The highest BCUT2D eigenvalue weighted by Crippen LogP contribution is 2.27. The minimum absolute atomic E-state index is 0.300. The minimum Gasteiger partial charge on any atom is -0.497 e. The Bertz CT molecular complexity index is 391. The summed E-state index contributed by atoms with van der Waals surface area (Å²) in [5.74, 6) is 1.37. The van der Waals surface area contributed by atoms with Gasteiger partial charge < -0.3 is 14.6 Å². The Balaban J connectivity index is 1.87. The molecule has 0 aliphatic heterocycles. The molecule has 3 unspecified atom stereocenters. The lowest BCUT2D eigenvalue weighted by Crippen LogP contribution is -2.27. The van der Waals surface area contributed by atoms with E-state index in [1.54, 1.807) is 7.11 Å². The van der Waals surface area contributed by atoms with Crippen LogP contribution in [0.5, 0.6) is 5.75 Å². The van der Waals surface area contributed by atoms with Crippen molar-refractivity contribution in [1.29, 1.82) is 0 Å². The van der Waals surface area contributed by atoms with Crippen molar-refractivity contribution in [3.63, 3.8) is 0 Å². The predicted molar refractivity (Wildman–Crippen MR) is 75.3 cm³/mol. The van der Waals surface area contributed by atoms with Crippen LogP contribution < -0.4 is 4.74 Å². The largest absolute Gasteiger partial charge is 0.497 e. The second-order valence-corrected chi connectivity index (χ2v) is 5.43. The zero-order valence-electron chi connectivity index (χ0n) is 11.8. The molecule has 0 aromatic heterocycles. The standard InChI is InChI=1S/C16H24O3/c1-12-6-3-4-9-16(12)19-11-15(17)13-7-5-8-14(10-13)18-2/h5,7-8,10,12,15-17H,3-4,6,9,11H2,1-2H3. The Hall–Kier alpha value is -1.06. The smallest absolute Gasteiger partial charge is 0.119 e. The zero-order valence-corrected chi connectivity index (χ0v) is 11.8. The highest BCUT2D eigenvalue weighted by molar-refractivity contribution is 5.29. The van der Waals surface area contributed by atoms with Crippen LogP contribution in [0.2, 0.25) is 0 Å². The molecule has 0 spiro atoms. The number of aliphatic hydroxyl groups excluding tert-OH is 1. The van der Waals surface area contributed by atoms with Gasteiger partial charge in [-0.3, -0.25) is 0 Å². The highest BCUT2D eigenvalue weighted by atomic mass is 16.5. The quantitative estimate of drug-likeness (QED) is 0.886. The maximum Gasteiger partial charge on any atom is 0.119 e. The van der Waals surface area contributed by atoms with Crippen molar-refractivity contribution in [1.82, 2.24) is 0 Å². The lowest BCUT2D eigenvalue weighted by molar-refractivity contribution is -0.0468. The number of hydrogen-bond acceptors (Lipinski definition) is 3. The van der Waals surface area contributed by atoms with E-state index in [1.165, 1.54) is 19.3 Å². The molecule has 1 aromatic rings. The van der Waals surface area contributed by atoms with Crippen LogP contribution in [-0.4, -0.2) is 24.9 Å². The summed E-state index contributed by atoms with van der Waals surface area (Å²) in [5.41, 5.74) is 0.850. The number of ether oxygens (including phenoxy) is 2. The van der Waals surface area contributed by atoms with Crippen LogP contribution in [0.3, 0.4) is 0 Å². The van der Waals surface area contributed by atoms with E-state index in [0.717, 1.165) is 17.7 Å². The molecule has 3 atom stereocenters. The van der Waals surface area contributed by atoms with Gasteiger partial charge in [0.2, 0.25) is 0 Å². The second kappa shape index (κ2) is 6.92. The van der Waals surface area contributed by atoms with E-state index < -0.39 is 6.10 Å². The molecular formula is C16H24O3. The average Bonchev–Trinajstić information content (AvgIpc) is 2.46. The molecule has 1 aromatic carbocycles. The maximum absolute atomic E-state index is 10.2. The molecule has 1 N–H and O–H groups in total. The first-order valence-corrected chi connectivity index (χ1v) is 7.14. The van der Waals surface area contributed by atoms with Crippen molar-refractivity contribution in [2.45, 2.75) is 44.8 Å². The molecule has 0 saturated heterocycles. The summed E-state index contributed by atoms with van der Waals surface area (Å²) in [5, 5.41) is 10.2. The van der Waals surface area contributed by atoms with Gasteiger partial charge in [-0.25, -0.2) is 0 Å². The fraction of sp³-hybridized carbons (Fsp3) is 0.625. The molecular weight excluding hydrogens is 240 g/mol. The van der Waals surface area contributed by atoms with Crippen molar-refractivity contribution >= 4 is 0 Å². The van der Waals surface area contributed by atoms with Gasteiger partial charge in [-0.2, -0.15) is 0 Å². The van der Waals surface area contributed by atoms with E-state index in [1.807, 2.05) is 24.3 Å². The Kier molecular flexibility index (Phi) is 5.23. The van der Waals surface area contributed by atoms with Crippen molar-refractivity contribution in [2.75, 3.05) is 13.7 Å². The van der Waals surface area contributed by atoms with Crippen LogP contribution in [0.25, 0.3) is 0 Å². The third kappa shape index (κ3) is 3.95. The van der Waals surface area contributed by atoms with Gasteiger partial charge in [0.1, 0.15) is 11.9 Å². The molecule has 2 rings (SSSR count). The van der Waals surface area contributed by atoms with Crippen LogP contribution >= 0.6 is 0 Å². The van der Waals surface area contributed by atoms with Gasteiger partial charge in [0.05, 0.1) is 19.8 Å². The van der Waals surface area contributed by atoms with Gasteiger partial charge in [0.25, 0.3) is 0 Å². The molecule has 3 nitrogen and oxygen atoms in total. The molecule has 3 heteroatoms. The molecule has 0 heterocycles. The van der Waals surface area contributed by atoms with E-state index in [2.05, 4.69) is 6.92 Å². The summed E-state index contributed by atoms with van der Waals surface area (Å²) in [6.45, 7) is 2.60. The van der Waals surface area contributed by atoms with Crippen molar-refractivity contribution in [2.24, 2.45) is 5.92 Å². The molecule has 1 fully saturated rings. The van der Waals surface area contributed by atoms with Gasteiger partial charge >= 0.3 is 0 Å². The molecule has 1 saturated carbocycles.